The van der Waals surface area contributed by atoms with Gasteiger partial charge >= 0.3 is 5.97 Å². The molecule has 0 aliphatic carbocycles. The van der Waals surface area contributed by atoms with Crippen molar-refractivity contribution in [3.63, 3.8) is 0 Å². The van der Waals surface area contributed by atoms with E-state index in [1.165, 1.54) is 7.11 Å². The molecule has 96 valence electrons. The Hall–Kier alpha value is -1.33. The lowest BCUT2D eigenvalue weighted by molar-refractivity contribution is 0.0658. The SMILES string of the molecule is COCc1c(C(=O)O)oc2cc(C)c(Br)c(C)c12. The van der Waals surface area contributed by atoms with Gasteiger partial charge in [-0.25, -0.2) is 4.79 Å². The Balaban J connectivity index is 2.86. The predicted octanol–water partition coefficient (Wildman–Crippen LogP) is 3.66. The summed E-state index contributed by atoms with van der Waals surface area (Å²) in [5.41, 5.74) is 3.14. The van der Waals surface area contributed by atoms with E-state index < -0.39 is 5.97 Å². The zero-order chi connectivity index (χ0) is 13.4. The molecule has 0 atom stereocenters. The summed E-state index contributed by atoms with van der Waals surface area (Å²) in [6, 6.07) is 1.83. The van der Waals surface area contributed by atoms with Crippen LogP contribution < -0.4 is 0 Å². The highest BCUT2D eigenvalue weighted by molar-refractivity contribution is 9.10. The second-order valence-corrected chi connectivity index (χ2v) is 4.95. The molecule has 1 N–H and O–H groups in total. The third-order valence-corrected chi connectivity index (χ3v) is 4.14. The Bertz CT molecular complexity index is 628. The van der Waals surface area contributed by atoms with Gasteiger partial charge in [0.2, 0.25) is 5.76 Å². The van der Waals surface area contributed by atoms with Crippen LogP contribution in [0.1, 0.15) is 27.2 Å². The minimum Gasteiger partial charge on any atom is -0.475 e. The van der Waals surface area contributed by atoms with Crippen molar-refractivity contribution in [1.82, 2.24) is 0 Å². The first-order chi connectivity index (χ1) is 8.47. The smallest absolute Gasteiger partial charge is 0.372 e. The summed E-state index contributed by atoms with van der Waals surface area (Å²) < 4.78 is 11.5. The fourth-order valence-corrected chi connectivity index (χ4v) is 2.43. The van der Waals surface area contributed by atoms with Gasteiger partial charge in [-0.1, -0.05) is 15.9 Å². The number of carbonyl (C=O) groups is 1. The maximum Gasteiger partial charge on any atom is 0.372 e. The van der Waals surface area contributed by atoms with Crippen LogP contribution in [0, 0.1) is 13.8 Å². The Morgan fingerprint density at radius 1 is 1.50 bits per heavy atom. The first-order valence-corrected chi connectivity index (χ1v) is 6.20. The van der Waals surface area contributed by atoms with Gasteiger partial charge in [0.1, 0.15) is 5.58 Å². The second-order valence-electron chi connectivity index (χ2n) is 4.15. The molecule has 0 aliphatic rings. The molecule has 4 nitrogen and oxygen atoms in total. The van der Waals surface area contributed by atoms with E-state index in [2.05, 4.69) is 15.9 Å². The highest BCUT2D eigenvalue weighted by Crippen LogP contribution is 2.35. The molecule has 5 heteroatoms. The molecule has 0 saturated carbocycles. The summed E-state index contributed by atoms with van der Waals surface area (Å²) in [5, 5.41) is 9.97. The number of hydrogen-bond acceptors (Lipinski definition) is 3. The van der Waals surface area contributed by atoms with Crippen molar-refractivity contribution in [2.45, 2.75) is 20.5 Å². The Morgan fingerprint density at radius 2 is 2.17 bits per heavy atom. The zero-order valence-corrected chi connectivity index (χ0v) is 11.9. The van der Waals surface area contributed by atoms with E-state index in [4.69, 9.17) is 14.3 Å². The van der Waals surface area contributed by atoms with Crippen LogP contribution in [-0.4, -0.2) is 18.2 Å². The van der Waals surface area contributed by atoms with Crippen molar-refractivity contribution in [3.8, 4) is 0 Å². The topological polar surface area (TPSA) is 59.7 Å². The van der Waals surface area contributed by atoms with Gasteiger partial charge in [-0.05, 0) is 31.0 Å². The number of carboxylic acids is 1. The number of carboxylic acid groups (broad SMARTS) is 1. The van der Waals surface area contributed by atoms with Gasteiger partial charge in [0, 0.05) is 22.5 Å². The van der Waals surface area contributed by atoms with Crippen molar-refractivity contribution >= 4 is 32.9 Å². The van der Waals surface area contributed by atoms with E-state index in [-0.39, 0.29) is 12.4 Å². The molecule has 2 rings (SSSR count). The predicted molar refractivity (Wildman–Crippen MR) is 71.1 cm³/mol. The maximum absolute atomic E-state index is 11.2. The zero-order valence-electron chi connectivity index (χ0n) is 10.3. The van der Waals surface area contributed by atoms with Crippen LogP contribution in [0.15, 0.2) is 15.0 Å². The van der Waals surface area contributed by atoms with E-state index in [9.17, 15) is 4.79 Å². The number of aryl methyl sites for hydroxylation is 2. The number of hydrogen-bond donors (Lipinski definition) is 1. The number of rotatable bonds is 3. The Labute approximate surface area is 113 Å². The molecule has 18 heavy (non-hydrogen) atoms. The summed E-state index contributed by atoms with van der Waals surface area (Å²) in [6.45, 7) is 4.08. The highest BCUT2D eigenvalue weighted by atomic mass is 79.9. The van der Waals surface area contributed by atoms with Gasteiger partial charge in [0.15, 0.2) is 0 Å². The first kappa shape index (κ1) is 13.1. The summed E-state index contributed by atoms with van der Waals surface area (Å²) in [6.07, 6.45) is 0. The fourth-order valence-electron chi connectivity index (χ4n) is 2.12. The maximum atomic E-state index is 11.2. The average Bonchev–Trinajstić information content (AvgIpc) is 2.66. The summed E-state index contributed by atoms with van der Waals surface area (Å²) >= 11 is 3.50. The third-order valence-electron chi connectivity index (χ3n) is 2.92. The molecule has 0 aliphatic heterocycles. The normalized spacial score (nSPS) is 11.1. The van der Waals surface area contributed by atoms with Crippen LogP contribution in [-0.2, 0) is 11.3 Å². The van der Waals surface area contributed by atoms with Crippen molar-refractivity contribution in [3.05, 3.63) is 33.0 Å². The molecule has 0 radical (unpaired) electrons. The van der Waals surface area contributed by atoms with E-state index in [1.54, 1.807) is 0 Å². The lowest BCUT2D eigenvalue weighted by Crippen LogP contribution is -2.00. The molecule has 0 fully saturated rings. The van der Waals surface area contributed by atoms with E-state index in [1.807, 2.05) is 19.9 Å². The molecule has 0 saturated heterocycles. The minimum absolute atomic E-state index is 0.0487. The molecule has 0 bridgehead atoms. The van der Waals surface area contributed by atoms with E-state index in [0.717, 1.165) is 21.0 Å². The summed E-state index contributed by atoms with van der Waals surface area (Å²) in [5.74, 6) is -1.13. The molecular formula is C13H13BrO4. The van der Waals surface area contributed by atoms with E-state index >= 15 is 0 Å². The third kappa shape index (κ3) is 1.93. The average molecular weight is 313 g/mol. The van der Waals surface area contributed by atoms with Gasteiger partial charge < -0.3 is 14.3 Å². The number of benzene rings is 1. The number of methoxy groups -OCH3 is 1. The number of aromatic carboxylic acids is 1. The van der Waals surface area contributed by atoms with Gasteiger partial charge in [-0.15, -0.1) is 0 Å². The van der Waals surface area contributed by atoms with Crippen molar-refractivity contribution in [1.29, 1.82) is 0 Å². The number of fused-ring (bicyclic) bond motifs is 1. The lowest BCUT2D eigenvalue weighted by Gasteiger charge is -2.05. The van der Waals surface area contributed by atoms with Crippen molar-refractivity contribution < 1.29 is 19.1 Å². The van der Waals surface area contributed by atoms with Gasteiger partial charge in [0.05, 0.1) is 6.61 Å². The molecule has 2 aromatic rings. The standard InChI is InChI=1S/C13H13BrO4/c1-6-4-9-10(7(2)11(6)14)8(5-17-3)12(18-9)13(15)16/h4H,5H2,1-3H3,(H,15,16). The van der Waals surface area contributed by atoms with Crippen LogP contribution in [0.25, 0.3) is 11.0 Å². The van der Waals surface area contributed by atoms with Gasteiger partial charge in [-0.2, -0.15) is 0 Å². The summed E-state index contributed by atoms with van der Waals surface area (Å²) in [4.78, 5) is 11.2. The molecule has 0 unspecified atom stereocenters. The number of halogens is 1. The molecule has 1 aromatic heterocycles. The van der Waals surface area contributed by atoms with Crippen molar-refractivity contribution in [2.24, 2.45) is 0 Å². The molecular weight excluding hydrogens is 300 g/mol. The number of ether oxygens (including phenoxy) is 1. The largest absolute Gasteiger partial charge is 0.475 e. The lowest BCUT2D eigenvalue weighted by atomic mass is 10.0. The quantitative estimate of drug-likeness (QED) is 0.939. The van der Waals surface area contributed by atoms with Crippen LogP contribution in [0.4, 0.5) is 0 Å². The Kier molecular flexibility index (Phi) is 3.45. The van der Waals surface area contributed by atoms with Crippen LogP contribution in [0.2, 0.25) is 0 Å². The minimum atomic E-state index is -1.08. The van der Waals surface area contributed by atoms with Crippen LogP contribution in [0.5, 0.6) is 0 Å². The van der Waals surface area contributed by atoms with E-state index in [0.29, 0.717) is 11.1 Å². The van der Waals surface area contributed by atoms with Crippen LogP contribution >= 0.6 is 15.9 Å². The first-order valence-electron chi connectivity index (χ1n) is 5.40. The monoisotopic (exact) mass is 312 g/mol. The van der Waals surface area contributed by atoms with Gasteiger partial charge in [0.25, 0.3) is 0 Å². The van der Waals surface area contributed by atoms with Crippen LogP contribution in [0.3, 0.4) is 0 Å². The molecule has 0 spiro atoms. The summed E-state index contributed by atoms with van der Waals surface area (Å²) in [7, 11) is 1.53. The molecule has 1 heterocycles. The van der Waals surface area contributed by atoms with Gasteiger partial charge in [-0.3, -0.25) is 0 Å². The second kappa shape index (κ2) is 4.74. The molecule has 1 aromatic carbocycles. The Morgan fingerprint density at radius 3 is 2.72 bits per heavy atom. The number of furan rings is 1. The fraction of sp³-hybridized carbons (Fsp3) is 0.308. The van der Waals surface area contributed by atoms with Crippen molar-refractivity contribution in [2.75, 3.05) is 7.11 Å². The molecule has 0 amide bonds. The highest BCUT2D eigenvalue weighted by Gasteiger charge is 2.22.